The molecule has 4 saturated carbocycles. The van der Waals surface area contributed by atoms with E-state index in [1.54, 1.807) is 66.2 Å². The number of hydrogen-bond acceptors (Lipinski definition) is 9. The van der Waals surface area contributed by atoms with Gasteiger partial charge in [0, 0.05) is 108 Å². The first-order valence-electron chi connectivity index (χ1n) is 32.7. The van der Waals surface area contributed by atoms with Gasteiger partial charge in [-0.3, -0.25) is 24.0 Å². The zero-order valence-corrected chi connectivity index (χ0v) is 58.5. The van der Waals surface area contributed by atoms with E-state index in [1.165, 1.54) is 60.0 Å². The number of aryl methyl sites for hydroxylation is 4. The third kappa shape index (κ3) is 14.3. The molecule has 0 unspecified atom stereocenters. The molecule has 4 aliphatic carbocycles. The van der Waals surface area contributed by atoms with E-state index in [9.17, 15) is 59.5 Å². The number of pyridine rings is 4. The fourth-order valence-corrected chi connectivity index (χ4v) is 14.4. The number of hydrogen-bond donors (Lipinski definition) is 2. The summed E-state index contributed by atoms with van der Waals surface area (Å²) in [5.41, 5.74) is 3.56. The van der Waals surface area contributed by atoms with Crippen molar-refractivity contribution in [3.05, 3.63) is 168 Å². The molecule has 15 nitrogen and oxygen atoms in total. The van der Waals surface area contributed by atoms with Gasteiger partial charge in [-0.25, -0.2) is 35.5 Å². The quantitative estimate of drug-likeness (QED) is 0.100. The van der Waals surface area contributed by atoms with Gasteiger partial charge in [-0.15, -0.1) is 0 Å². The number of carbonyl (C=O) groups is 2. The van der Waals surface area contributed by atoms with Crippen molar-refractivity contribution in [2.24, 2.45) is 11.8 Å². The maximum atomic E-state index is 15.2. The Hall–Kier alpha value is -7.68. The number of halogens is 12. The molecule has 6 fully saturated rings. The average Bonchev–Trinajstić information content (AvgIpc) is 1.70. The van der Waals surface area contributed by atoms with Crippen molar-refractivity contribution in [2.75, 3.05) is 36.0 Å². The minimum absolute atomic E-state index is 0.00149. The molecule has 6 aliphatic rings. The number of nitrogens with one attached hydrogen (secondary N) is 2. The third-order valence-corrected chi connectivity index (χ3v) is 21.1. The van der Waals surface area contributed by atoms with Gasteiger partial charge in [0.1, 0.15) is 11.4 Å². The number of alkyl carbamates (subject to hydrolysis) is 1. The molecule has 0 spiro atoms. The SMILES string of the molecule is Cc1c(Br)c(F)c(F)c2ccc(=O)n(C3CC3)c12.Cc1c(Br)c(F)cc2ccc(=O)n(C3CC3)c12.Cc1c(N2CC[C@@H]([C@H](C)NC(=O)C(F)(F)F)C2)c(F)c(F)c2ccc(=O)n(C3CC3)c12.Cc1c(N2CC[C@@H]([C@H](C)NC(=O)OC(C)(C)C)C2)c(F)c(F)c2ccc(=O)n(C3CC3)c12. The van der Waals surface area contributed by atoms with Crippen LogP contribution in [-0.4, -0.2) is 80.3 Å². The summed E-state index contributed by atoms with van der Waals surface area (Å²) >= 11 is 6.29. The summed E-state index contributed by atoms with van der Waals surface area (Å²) in [4.78, 5) is 75.5. The lowest BCUT2D eigenvalue weighted by atomic mass is 10.0. The van der Waals surface area contributed by atoms with Crippen LogP contribution in [0.1, 0.15) is 145 Å². The van der Waals surface area contributed by atoms with Crippen molar-refractivity contribution in [2.45, 2.75) is 175 Å². The van der Waals surface area contributed by atoms with E-state index in [1.807, 2.05) is 24.1 Å². The van der Waals surface area contributed by atoms with Crippen LogP contribution in [-0.2, 0) is 9.53 Å². The van der Waals surface area contributed by atoms with Crippen LogP contribution >= 0.6 is 31.9 Å². The number of alkyl halides is 3. The van der Waals surface area contributed by atoms with Gasteiger partial charge in [-0.2, -0.15) is 13.2 Å². The number of rotatable bonds is 10. The Morgan fingerprint density at radius 1 is 0.480 bits per heavy atom. The summed E-state index contributed by atoms with van der Waals surface area (Å²) in [5.74, 6) is -8.32. The highest BCUT2D eigenvalue weighted by Crippen LogP contribution is 2.45. The van der Waals surface area contributed by atoms with E-state index < -0.39 is 64.7 Å². The molecule has 524 valence electrons. The van der Waals surface area contributed by atoms with Crippen LogP contribution in [0, 0.1) is 80.3 Å². The molecule has 2 N–H and O–H groups in total. The average molecular weight is 1500 g/mol. The Morgan fingerprint density at radius 2 is 0.827 bits per heavy atom. The predicted octanol–water partition coefficient (Wildman–Crippen LogP) is 15.7. The zero-order chi connectivity index (χ0) is 71.2. The molecular formula is C71H74Br2F10N8O7. The van der Waals surface area contributed by atoms with Crippen molar-refractivity contribution in [3.8, 4) is 0 Å². The normalized spacial score (nSPS) is 18.5. The van der Waals surface area contributed by atoms with Crippen molar-refractivity contribution in [3.63, 3.8) is 0 Å². The summed E-state index contributed by atoms with van der Waals surface area (Å²) in [7, 11) is 0. The molecule has 6 heterocycles. The number of aromatic nitrogens is 4. The van der Waals surface area contributed by atoms with Gasteiger partial charge in [0.15, 0.2) is 34.9 Å². The van der Waals surface area contributed by atoms with Gasteiger partial charge in [0.05, 0.1) is 42.4 Å². The molecule has 2 saturated heterocycles. The number of carbonyl (C=O) groups excluding carboxylic acids is 2. The summed E-state index contributed by atoms with van der Waals surface area (Å²) in [6.45, 7) is 17.1. The minimum atomic E-state index is -4.98. The van der Waals surface area contributed by atoms with E-state index in [0.29, 0.717) is 69.8 Å². The smallest absolute Gasteiger partial charge is 0.444 e. The van der Waals surface area contributed by atoms with Gasteiger partial charge in [0.2, 0.25) is 0 Å². The Balaban J connectivity index is 0.000000137. The monoisotopic (exact) mass is 1500 g/mol. The minimum Gasteiger partial charge on any atom is -0.444 e. The van der Waals surface area contributed by atoms with Gasteiger partial charge in [-0.05, 0) is 223 Å². The second-order valence-electron chi connectivity index (χ2n) is 27.6. The van der Waals surface area contributed by atoms with E-state index >= 15 is 13.2 Å². The lowest BCUT2D eigenvalue weighted by Crippen LogP contribution is -2.45. The first-order valence-corrected chi connectivity index (χ1v) is 34.3. The molecule has 14 rings (SSSR count). The highest BCUT2D eigenvalue weighted by Gasteiger charge is 2.42. The number of benzene rings is 4. The van der Waals surface area contributed by atoms with Gasteiger partial charge >= 0.3 is 18.2 Å². The van der Waals surface area contributed by atoms with Crippen LogP contribution in [0.4, 0.5) is 60.1 Å². The molecule has 2 amide bonds. The van der Waals surface area contributed by atoms with E-state index in [2.05, 4.69) is 37.2 Å². The molecule has 4 aromatic carbocycles. The van der Waals surface area contributed by atoms with Crippen molar-refractivity contribution < 1.29 is 58.2 Å². The Morgan fingerprint density at radius 3 is 1.20 bits per heavy atom. The molecule has 27 heteroatoms. The molecule has 4 aromatic heterocycles. The Bertz CT molecular complexity index is 4800. The topological polar surface area (TPSA) is 162 Å². The van der Waals surface area contributed by atoms with Gasteiger partial charge in [-0.1, -0.05) is 0 Å². The number of nitrogens with zero attached hydrogens (tertiary/aromatic N) is 6. The number of anilines is 2. The highest BCUT2D eigenvalue weighted by molar-refractivity contribution is 9.10. The molecule has 8 aromatic rings. The van der Waals surface area contributed by atoms with Crippen molar-refractivity contribution in [1.29, 1.82) is 0 Å². The van der Waals surface area contributed by atoms with Crippen LogP contribution < -0.4 is 42.7 Å². The Labute approximate surface area is 573 Å². The summed E-state index contributed by atoms with van der Waals surface area (Å²) in [6.07, 6.45) is 2.86. The fourth-order valence-electron chi connectivity index (χ4n) is 13.7. The second-order valence-corrected chi connectivity index (χ2v) is 29.2. The van der Waals surface area contributed by atoms with Crippen molar-refractivity contribution in [1.82, 2.24) is 28.9 Å². The molecule has 2 aliphatic heterocycles. The lowest BCUT2D eigenvalue weighted by Gasteiger charge is -2.27. The third-order valence-electron chi connectivity index (χ3n) is 19.2. The largest absolute Gasteiger partial charge is 0.471 e. The van der Waals surface area contributed by atoms with E-state index in [0.717, 1.165) is 74.3 Å². The van der Waals surface area contributed by atoms with Crippen LogP contribution in [0.15, 0.2) is 82.7 Å². The first-order chi connectivity index (χ1) is 46.1. The molecular weight excluding hydrogens is 1430 g/mol. The Kier molecular flexibility index (Phi) is 20.1. The van der Waals surface area contributed by atoms with E-state index in [-0.39, 0.29) is 103 Å². The van der Waals surface area contributed by atoms with E-state index in [4.69, 9.17) is 4.74 Å². The summed E-state index contributed by atoms with van der Waals surface area (Å²) in [6, 6.07) is 12.0. The van der Waals surface area contributed by atoms with Crippen molar-refractivity contribution >= 4 is 98.8 Å². The second kappa shape index (κ2) is 27.4. The highest BCUT2D eigenvalue weighted by atomic mass is 79.9. The summed E-state index contributed by atoms with van der Waals surface area (Å²) < 4.78 is 152. The van der Waals surface area contributed by atoms with Crippen LogP contribution in [0.25, 0.3) is 43.6 Å². The number of fused-ring (bicyclic) bond motifs is 4. The first kappa shape index (κ1) is 71.6. The zero-order valence-electron chi connectivity index (χ0n) is 55.3. The maximum absolute atomic E-state index is 15.2. The lowest BCUT2D eigenvalue weighted by molar-refractivity contribution is -0.174. The fraction of sp³-hybridized carbons (Fsp3) is 0.465. The molecule has 4 atom stereocenters. The summed E-state index contributed by atoms with van der Waals surface area (Å²) in [5, 5.41) is 5.93. The van der Waals surface area contributed by atoms with Gasteiger partial charge in [0.25, 0.3) is 22.2 Å². The molecule has 98 heavy (non-hydrogen) atoms. The van der Waals surface area contributed by atoms with Crippen LogP contribution in [0.5, 0.6) is 0 Å². The van der Waals surface area contributed by atoms with Crippen LogP contribution in [0.2, 0.25) is 0 Å². The number of ether oxygens (including phenoxy) is 1. The van der Waals surface area contributed by atoms with Crippen LogP contribution in [0.3, 0.4) is 0 Å². The standard InChI is InChI=1S/C24H31F2N3O3.C21H22F5N3O2.C13H10BrF2NO.C13H11BrFNO/c1-13-21-17(8-9-18(30)29(21)16-6-7-16)19(25)20(26)22(13)28-11-10-15(12-28)14(2)27-23(31)32-24(3,4)5;1-10-18-14(5-6-15(30)29(18)13-3-4-13)16(22)17(23)19(10)28-8-7-12(9-28)11(2)27-20(31)21(24,25)26;1-6-10(14)12(16)11(15)8-4-5-9(18)17(13(6)8)7-2-3-7;1-7-12(14)10(15)6-8-2-5-11(17)16(13(7)8)9-3-4-9/h8-9,14-16H,6-7,10-12H2,1-5H3,(H,27,31);5-6,11-13H,3-4,7-9H2,1-2H3,(H,27,31);4-5,7H,2-3H2,1H3;2,5-6,9H,3-4H2,1H3/t14-,15+;11-,12+;;/m00../s1. The molecule has 0 radical (unpaired) electrons. The predicted molar refractivity (Wildman–Crippen MR) is 363 cm³/mol. The molecule has 0 bridgehead atoms. The number of amides is 2. The van der Waals surface area contributed by atoms with Gasteiger partial charge < -0.3 is 43.4 Å². The maximum Gasteiger partial charge on any atom is 0.471 e.